The van der Waals surface area contributed by atoms with Crippen molar-refractivity contribution in [3.05, 3.63) is 79.1 Å². The Bertz CT molecular complexity index is 1360. The summed E-state index contributed by atoms with van der Waals surface area (Å²) < 4.78 is 19.2. The molecule has 7 nitrogen and oxygen atoms in total. The van der Waals surface area contributed by atoms with E-state index in [-0.39, 0.29) is 11.2 Å². The Morgan fingerprint density at radius 2 is 1.87 bits per heavy atom. The summed E-state index contributed by atoms with van der Waals surface area (Å²) in [6.45, 7) is 7.71. The fourth-order valence-electron chi connectivity index (χ4n) is 5.24. The van der Waals surface area contributed by atoms with Gasteiger partial charge in [-0.1, -0.05) is 41.9 Å². The number of hydrogen-bond acceptors (Lipinski definition) is 7. The van der Waals surface area contributed by atoms with Gasteiger partial charge in [0.2, 0.25) is 0 Å². The molecule has 39 heavy (non-hydrogen) atoms. The SMILES string of the molecule is CCOc1cc([C@@H]2C(C#N)=C(N)N(CCOC)C3=C2C(=O)CC(C)(C)C3)cc(Br)c1OCc1ccc(Br)cc1. The Hall–Kier alpha value is -2.80. The Morgan fingerprint density at radius 3 is 2.51 bits per heavy atom. The van der Waals surface area contributed by atoms with E-state index in [1.54, 1.807) is 7.11 Å². The summed E-state index contributed by atoms with van der Waals surface area (Å²) >= 11 is 7.13. The summed E-state index contributed by atoms with van der Waals surface area (Å²) in [7, 11) is 1.62. The smallest absolute Gasteiger partial charge is 0.175 e. The molecular weight excluding hydrogens is 626 g/mol. The molecule has 0 aromatic heterocycles. The summed E-state index contributed by atoms with van der Waals surface area (Å²) in [5.74, 6) is 0.861. The number of nitriles is 1. The number of hydrogen-bond donors (Lipinski definition) is 1. The van der Waals surface area contributed by atoms with Gasteiger partial charge in [0.15, 0.2) is 17.3 Å². The van der Waals surface area contributed by atoms with Crippen LogP contribution in [-0.4, -0.2) is 37.6 Å². The minimum absolute atomic E-state index is 0.0264. The molecule has 9 heteroatoms. The summed E-state index contributed by atoms with van der Waals surface area (Å²) in [6.07, 6.45) is 1.06. The van der Waals surface area contributed by atoms with Crippen LogP contribution in [0.2, 0.25) is 0 Å². The molecule has 1 aliphatic carbocycles. The van der Waals surface area contributed by atoms with Gasteiger partial charge >= 0.3 is 0 Å². The number of carbonyl (C=O) groups is 1. The number of carbonyl (C=O) groups excluding carboxylic acids is 1. The summed E-state index contributed by atoms with van der Waals surface area (Å²) in [5, 5.41) is 10.3. The number of nitrogens with two attached hydrogens (primary N) is 1. The third-order valence-electron chi connectivity index (χ3n) is 6.97. The second-order valence-corrected chi connectivity index (χ2v) is 12.2. The lowest BCUT2D eigenvalue weighted by Gasteiger charge is -2.43. The summed E-state index contributed by atoms with van der Waals surface area (Å²) in [6, 6.07) is 14.0. The third-order valence-corrected chi connectivity index (χ3v) is 8.08. The van der Waals surface area contributed by atoms with Gasteiger partial charge in [-0.2, -0.15) is 5.26 Å². The van der Waals surface area contributed by atoms with E-state index in [4.69, 9.17) is 19.9 Å². The summed E-state index contributed by atoms with van der Waals surface area (Å²) in [5.41, 5.74) is 9.99. The molecule has 4 rings (SSSR count). The van der Waals surface area contributed by atoms with Crippen LogP contribution in [-0.2, 0) is 16.1 Å². The van der Waals surface area contributed by atoms with Crippen molar-refractivity contribution in [2.24, 2.45) is 11.1 Å². The average molecular weight is 659 g/mol. The lowest BCUT2D eigenvalue weighted by Crippen LogP contribution is -2.43. The zero-order valence-corrected chi connectivity index (χ0v) is 25.8. The zero-order valence-electron chi connectivity index (χ0n) is 22.6. The van der Waals surface area contributed by atoms with Crippen LogP contribution in [0.5, 0.6) is 11.5 Å². The highest BCUT2D eigenvalue weighted by atomic mass is 79.9. The number of allylic oxidation sites excluding steroid dienone is 3. The maximum atomic E-state index is 13.7. The van der Waals surface area contributed by atoms with Crippen LogP contribution in [0.3, 0.4) is 0 Å². The minimum atomic E-state index is -0.608. The van der Waals surface area contributed by atoms with Gasteiger partial charge in [-0.25, -0.2) is 0 Å². The second kappa shape index (κ2) is 12.2. The van der Waals surface area contributed by atoms with Crippen molar-refractivity contribution in [1.82, 2.24) is 4.90 Å². The molecule has 1 heterocycles. The number of Topliss-reactive ketones (excluding diaryl/α,β-unsaturated/α-hetero) is 1. The van der Waals surface area contributed by atoms with E-state index in [9.17, 15) is 10.1 Å². The molecule has 0 bridgehead atoms. The maximum absolute atomic E-state index is 13.7. The molecule has 2 aromatic rings. The molecule has 0 unspecified atom stereocenters. The largest absolute Gasteiger partial charge is 0.490 e. The molecule has 1 atom stereocenters. The van der Waals surface area contributed by atoms with Gasteiger partial charge in [-0.3, -0.25) is 4.79 Å². The maximum Gasteiger partial charge on any atom is 0.175 e. The van der Waals surface area contributed by atoms with Crippen molar-refractivity contribution in [2.45, 2.75) is 46.1 Å². The van der Waals surface area contributed by atoms with E-state index in [1.807, 2.05) is 48.2 Å². The van der Waals surface area contributed by atoms with E-state index in [0.29, 0.717) is 72.1 Å². The van der Waals surface area contributed by atoms with Crippen LogP contribution in [0.4, 0.5) is 0 Å². The number of benzene rings is 2. The number of nitrogens with zero attached hydrogens (tertiary/aromatic N) is 2. The van der Waals surface area contributed by atoms with Gasteiger partial charge in [0.25, 0.3) is 0 Å². The number of ether oxygens (including phenoxy) is 3. The Kier molecular flexibility index (Phi) is 9.10. The number of halogens is 2. The Morgan fingerprint density at radius 1 is 1.15 bits per heavy atom. The standard InChI is InChI=1S/C30H33Br2N3O4/c1-5-38-25-13-19(12-22(32)28(25)39-17-18-6-8-20(31)9-7-18)26-21(16-33)29(34)35(10-11-37-4)23-14-30(2,3)15-24(36)27(23)26/h6-9,12-13,26H,5,10-11,14-15,17,34H2,1-4H3/t26-/m1/s1. The summed E-state index contributed by atoms with van der Waals surface area (Å²) in [4.78, 5) is 15.6. The Balaban J connectivity index is 1.81. The van der Waals surface area contributed by atoms with Crippen LogP contribution in [0.1, 0.15) is 50.7 Å². The lowest BCUT2D eigenvalue weighted by atomic mass is 9.68. The van der Waals surface area contributed by atoms with Crippen molar-refractivity contribution in [3.63, 3.8) is 0 Å². The van der Waals surface area contributed by atoms with Gasteiger partial charge < -0.3 is 24.8 Å². The van der Waals surface area contributed by atoms with E-state index in [0.717, 1.165) is 21.3 Å². The van der Waals surface area contributed by atoms with Gasteiger partial charge in [-0.15, -0.1) is 0 Å². The molecule has 2 N–H and O–H groups in total. The van der Waals surface area contributed by atoms with Crippen LogP contribution >= 0.6 is 31.9 Å². The van der Waals surface area contributed by atoms with Crippen LogP contribution in [0, 0.1) is 16.7 Å². The highest BCUT2D eigenvalue weighted by Gasteiger charge is 2.44. The fraction of sp³-hybridized carbons (Fsp3) is 0.400. The average Bonchev–Trinajstić information content (AvgIpc) is 2.87. The van der Waals surface area contributed by atoms with E-state index in [2.05, 4.69) is 51.8 Å². The van der Waals surface area contributed by atoms with Crippen molar-refractivity contribution in [2.75, 3.05) is 26.9 Å². The predicted molar refractivity (Wildman–Crippen MR) is 157 cm³/mol. The molecule has 0 fully saturated rings. The fourth-order valence-corrected chi connectivity index (χ4v) is 6.08. The van der Waals surface area contributed by atoms with E-state index >= 15 is 0 Å². The van der Waals surface area contributed by atoms with Gasteiger partial charge in [0.05, 0.1) is 35.2 Å². The monoisotopic (exact) mass is 657 g/mol. The van der Waals surface area contributed by atoms with E-state index < -0.39 is 5.92 Å². The molecule has 2 aromatic carbocycles. The molecule has 0 radical (unpaired) electrons. The number of methoxy groups -OCH3 is 1. The normalized spacial score (nSPS) is 18.6. The van der Waals surface area contributed by atoms with Crippen LogP contribution < -0.4 is 15.2 Å². The third kappa shape index (κ3) is 6.19. The molecule has 0 amide bonds. The molecule has 0 saturated carbocycles. The topological polar surface area (TPSA) is 97.8 Å². The zero-order chi connectivity index (χ0) is 28.3. The molecule has 2 aliphatic rings. The number of rotatable bonds is 9. The van der Waals surface area contributed by atoms with Crippen LogP contribution in [0.15, 0.2) is 68.0 Å². The number of ketones is 1. The van der Waals surface area contributed by atoms with Crippen molar-refractivity contribution >= 4 is 37.6 Å². The lowest BCUT2D eigenvalue weighted by molar-refractivity contribution is -0.118. The highest BCUT2D eigenvalue weighted by molar-refractivity contribution is 9.10. The van der Waals surface area contributed by atoms with Crippen molar-refractivity contribution < 1.29 is 19.0 Å². The van der Waals surface area contributed by atoms with Gasteiger partial charge in [-0.05, 0) is 70.1 Å². The molecule has 0 saturated heterocycles. The van der Waals surface area contributed by atoms with Crippen molar-refractivity contribution in [3.8, 4) is 17.6 Å². The Labute approximate surface area is 246 Å². The van der Waals surface area contributed by atoms with Crippen molar-refractivity contribution in [1.29, 1.82) is 5.26 Å². The van der Waals surface area contributed by atoms with Gasteiger partial charge in [0, 0.05) is 35.8 Å². The molecular formula is C30H33Br2N3O4. The quantitative estimate of drug-likeness (QED) is 0.325. The first-order chi connectivity index (χ1) is 18.6. The second-order valence-electron chi connectivity index (χ2n) is 10.5. The first-order valence-corrected chi connectivity index (χ1v) is 14.4. The highest BCUT2D eigenvalue weighted by Crippen LogP contribution is 2.50. The van der Waals surface area contributed by atoms with Gasteiger partial charge in [0.1, 0.15) is 12.4 Å². The minimum Gasteiger partial charge on any atom is -0.490 e. The van der Waals surface area contributed by atoms with E-state index in [1.165, 1.54) is 0 Å². The molecule has 0 spiro atoms. The predicted octanol–water partition coefficient (Wildman–Crippen LogP) is 6.57. The first-order valence-electron chi connectivity index (χ1n) is 12.9. The van der Waals surface area contributed by atoms with Crippen LogP contribution in [0.25, 0.3) is 0 Å². The molecule has 1 aliphatic heterocycles. The molecule has 206 valence electrons. The first kappa shape index (κ1) is 29.2.